The fourth-order valence-electron chi connectivity index (χ4n) is 2.60. The molecule has 0 radical (unpaired) electrons. The van der Waals surface area contributed by atoms with Gasteiger partial charge < -0.3 is 10.4 Å². The summed E-state index contributed by atoms with van der Waals surface area (Å²) in [6, 6.07) is 7.36. The minimum Gasteiger partial charge on any atom is -0.383 e. The van der Waals surface area contributed by atoms with Crippen LogP contribution in [0.5, 0.6) is 0 Å². The standard InChI is InChI=1S/C15H20BrNO2/c16-12-6-8-13(9-7-12)17-15(19)14(18)10-11-4-2-1-3-5-11/h6-9,11,14,18H,1-5,10H2,(H,17,19). The topological polar surface area (TPSA) is 49.3 Å². The molecule has 2 N–H and O–H groups in total. The smallest absolute Gasteiger partial charge is 0.253 e. The van der Waals surface area contributed by atoms with Crippen LogP contribution in [0.1, 0.15) is 38.5 Å². The summed E-state index contributed by atoms with van der Waals surface area (Å²) in [7, 11) is 0. The molecule has 1 atom stereocenters. The highest BCUT2D eigenvalue weighted by atomic mass is 79.9. The van der Waals surface area contributed by atoms with Crippen molar-refractivity contribution >= 4 is 27.5 Å². The minimum absolute atomic E-state index is 0.298. The van der Waals surface area contributed by atoms with Crippen LogP contribution in [-0.2, 0) is 4.79 Å². The van der Waals surface area contributed by atoms with Gasteiger partial charge in [-0.25, -0.2) is 0 Å². The summed E-state index contributed by atoms with van der Waals surface area (Å²) in [5.41, 5.74) is 0.718. The molecule has 0 spiro atoms. The van der Waals surface area contributed by atoms with Gasteiger partial charge in [-0.3, -0.25) is 4.79 Å². The van der Waals surface area contributed by atoms with Crippen LogP contribution in [0, 0.1) is 5.92 Å². The van der Waals surface area contributed by atoms with E-state index < -0.39 is 6.10 Å². The third kappa shape index (κ3) is 4.62. The first-order valence-corrected chi connectivity index (χ1v) is 7.69. The Morgan fingerprint density at radius 1 is 1.26 bits per heavy atom. The average Bonchev–Trinajstić information content (AvgIpc) is 2.42. The molecule has 1 saturated carbocycles. The molecule has 0 heterocycles. The first kappa shape index (κ1) is 14.5. The van der Waals surface area contributed by atoms with Crippen LogP contribution in [0.4, 0.5) is 5.69 Å². The molecule has 1 fully saturated rings. The second kappa shape index (κ2) is 7.06. The van der Waals surface area contributed by atoms with E-state index >= 15 is 0 Å². The molecule has 0 saturated heterocycles. The molecular weight excluding hydrogens is 306 g/mol. The Morgan fingerprint density at radius 3 is 2.53 bits per heavy atom. The Balaban J connectivity index is 1.83. The van der Waals surface area contributed by atoms with Crippen LogP contribution in [0.25, 0.3) is 0 Å². The first-order valence-electron chi connectivity index (χ1n) is 6.89. The van der Waals surface area contributed by atoms with E-state index in [0.29, 0.717) is 12.3 Å². The molecule has 1 aliphatic carbocycles. The molecule has 2 rings (SSSR count). The van der Waals surface area contributed by atoms with Gasteiger partial charge in [-0.15, -0.1) is 0 Å². The van der Waals surface area contributed by atoms with E-state index in [0.717, 1.165) is 23.0 Å². The lowest BCUT2D eigenvalue weighted by molar-refractivity contribution is -0.125. The predicted molar refractivity (Wildman–Crippen MR) is 80.0 cm³/mol. The van der Waals surface area contributed by atoms with Crippen molar-refractivity contribution in [3.63, 3.8) is 0 Å². The Hall–Kier alpha value is -0.870. The monoisotopic (exact) mass is 325 g/mol. The number of carbonyl (C=O) groups excluding carboxylic acids is 1. The summed E-state index contributed by atoms with van der Waals surface area (Å²) in [4.78, 5) is 11.9. The van der Waals surface area contributed by atoms with Crippen LogP contribution in [-0.4, -0.2) is 17.1 Å². The van der Waals surface area contributed by atoms with Gasteiger partial charge in [0.2, 0.25) is 0 Å². The Labute approximate surface area is 122 Å². The number of hydrogen-bond donors (Lipinski definition) is 2. The molecule has 0 aromatic heterocycles. The number of aliphatic hydroxyl groups is 1. The summed E-state index contributed by atoms with van der Waals surface area (Å²) in [5.74, 6) is 0.201. The fraction of sp³-hybridized carbons (Fsp3) is 0.533. The number of rotatable bonds is 4. The molecule has 3 nitrogen and oxygen atoms in total. The van der Waals surface area contributed by atoms with Crippen LogP contribution < -0.4 is 5.32 Å². The van der Waals surface area contributed by atoms with Gasteiger partial charge in [0.1, 0.15) is 6.10 Å². The zero-order chi connectivity index (χ0) is 13.7. The number of amides is 1. The molecule has 1 aliphatic rings. The van der Waals surface area contributed by atoms with Crippen molar-refractivity contribution in [2.24, 2.45) is 5.92 Å². The average molecular weight is 326 g/mol. The van der Waals surface area contributed by atoms with Crippen LogP contribution >= 0.6 is 15.9 Å². The summed E-state index contributed by atoms with van der Waals surface area (Å²) >= 11 is 3.34. The van der Waals surface area contributed by atoms with Crippen molar-refractivity contribution in [1.29, 1.82) is 0 Å². The van der Waals surface area contributed by atoms with E-state index in [-0.39, 0.29) is 5.91 Å². The van der Waals surface area contributed by atoms with Crippen LogP contribution in [0.15, 0.2) is 28.7 Å². The normalized spacial score (nSPS) is 18.0. The van der Waals surface area contributed by atoms with Gasteiger partial charge in [-0.05, 0) is 36.6 Å². The fourth-order valence-corrected chi connectivity index (χ4v) is 2.87. The zero-order valence-electron chi connectivity index (χ0n) is 10.9. The maximum Gasteiger partial charge on any atom is 0.253 e. The molecule has 4 heteroatoms. The molecule has 19 heavy (non-hydrogen) atoms. The first-order chi connectivity index (χ1) is 9.15. The number of benzene rings is 1. The minimum atomic E-state index is -0.897. The van der Waals surface area contributed by atoms with Gasteiger partial charge >= 0.3 is 0 Å². The van der Waals surface area contributed by atoms with Gasteiger partial charge in [0, 0.05) is 10.2 Å². The zero-order valence-corrected chi connectivity index (χ0v) is 12.5. The molecule has 1 unspecified atom stereocenters. The van der Waals surface area contributed by atoms with E-state index in [4.69, 9.17) is 0 Å². The van der Waals surface area contributed by atoms with E-state index in [1.54, 1.807) is 0 Å². The molecule has 1 aromatic rings. The van der Waals surface area contributed by atoms with Gasteiger partial charge in [0.25, 0.3) is 5.91 Å². The second-order valence-corrected chi connectivity index (χ2v) is 6.17. The summed E-state index contributed by atoms with van der Waals surface area (Å²) in [6.45, 7) is 0. The van der Waals surface area contributed by atoms with Crippen molar-refractivity contribution < 1.29 is 9.90 Å². The number of nitrogens with one attached hydrogen (secondary N) is 1. The van der Waals surface area contributed by atoms with E-state index in [1.807, 2.05) is 24.3 Å². The largest absolute Gasteiger partial charge is 0.383 e. The molecule has 1 amide bonds. The molecule has 1 aromatic carbocycles. The Morgan fingerprint density at radius 2 is 1.89 bits per heavy atom. The van der Waals surface area contributed by atoms with Gasteiger partial charge in [-0.1, -0.05) is 48.0 Å². The van der Waals surface area contributed by atoms with Crippen molar-refractivity contribution in [2.75, 3.05) is 5.32 Å². The van der Waals surface area contributed by atoms with Crippen LogP contribution in [0.3, 0.4) is 0 Å². The highest BCUT2D eigenvalue weighted by Gasteiger charge is 2.22. The number of anilines is 1. The molecule has 0 aliphatic heterocycles. The lowest BCUT2D eigenvalue weighted by Gasteiger charge is -2.23. The van der Waals surface area contributed by atoms with E-state index in [2.05, 4.69) is 21.2 Å². The lowest BCUT2D eigenvalue weighted by atomic mass is 9.85. The van der Waals surface area contributed by atoms with Crippen LogP contribution in [0.2, 0.25) is 0 Å². The van der Waals surface area contributed by atoms with Crippen molar-refractivity contribution in [3.8, 4) is 0 Å². The third-order valence-corrected chi connectivity index (χ3v) is 4.22. The number of carbonyl (C=O) groups is 1. The highest BCUT2D eigenvalue weighted by Crippen LogP contribution is 2.27. The van der Waals surface area contributed by atoms with Gasteiger partial charge in [-0.2, -0.15) is 0 Å². The Kier molecular flexibility index (Phi) is 5.40. The Bertz CT molecular complexity index is 413. The number of halogens is 1. The van der Waals surface area contributed by atoms with Gasteiger partial charge in [0.05, 0.1) is 0 Å². The molecule has 104 valence electrons. The summed E-state index contributed by atoms with van der Waals surface area (Å²) < 4.78 is 0.966. The highest BCUT2D eigenvalue weighted by molar-refractivity contribution is 9.10. The van der Waals surface area contributed by atoms with Gasteiger partial charge in [0.15, 0.2) is 0 Å². The number of aliphatic hydroxyl groups excluding tert-OH is 1. The van der Waals surface area contributed by atoms with E-state index in [9.17, 15) is 9.90 Å². The lowest BCUT2D eigenvalue weighted by Crippen LogP contribution is -2.30. The molecular formula is C15H20BrNO2. The third-order valence-electron chi connectivity index (χ3n) is 3.70. The maximum absolute atomic E-state index is 11.9. The number of hydrogen-bond acceptors (Lipinski definition) is 2. The summed E-state index contributed by atoms with van der Waals surface area (Å²) in [5, 5.41) is 12.7. The van der Waals surface area contributed by atoms with E-state index in [1.165, 1.54) is 19.3 Å². The second-order valence-electron chi connectivity index (χ2n) is 5.25. The van der Waals surface area contributed by atoms with Crippen molar-refractivity contribution in [1.82, 2.24) is 0 Å². The maximum atomic E-state index is 11.9. The summed E-state index contributed by atoms with van der Waals surface area (Å²) in [6.07, 6.45) is 5.72. The van der Waals surface area contributed by atoms with Crippen molar-refractivity contribution in [3.05, 3.63) is 28.7 Å². The quantitative estimate of drug-likeness (QED) is 0.886. The molecule has 0 bridgehead atoms. The van der Waals surface area contributed by atoms with Crippen molar-refractivity contribution in [2.45, 2.75) is 44.6 Å². The predicted octanol–water partition coefficient (Wildman–Crippen LogP) is 3.72. The SMILES string of the molecule is O=C(Nc1ccc(Br)cc1)C(O)CC1CCCCC1.